The lowest BCUT2D eigenvalue weighted by Crippen LogP contribution is -2.16. The molecule has 1 N–H and O–H groups in total. The van der Waals surface area contributed by atoms with E-state index in [9.17, 15) is 0 Å². The van der Waals surface area contributed by atoms with Gasteiger partial charge in [0, 0.05) is 0 Å². The van der Waals surface area contributed by atoms with Gasteiger partial charge in [-0.2, -0.15) is 0 Å². The molecular formula is C9H16OSi. The van der Waals surface area contributed by atoms with Crippen molar-refractivity contribution in [1.82, 2.24) is 0 Å². The molecular weight excluding hydrogens is 152 g/mol. The Morgan fingerprint density at radius 3 is 2.36 bits per heavy atom. The van der Waals surface area contributed by atoms with Crippen LogP contribution in [0.1, 0.15) is 6.92 Å². The van der Waals surface area contributed by atoms with E-state index in [0.717, 1.165) is 5.57 Å². The number of aliphatic hydroxyl groups excluding tert-OH is 1. The van der Waals surface area contributed by atoms with Crippen LogP contribution in [-0.2, 0) is 0 Å². The fourth-order valence-electron chi connectivity index (χ4n) is 0.474. The molecule has 0 saturated heterocycles. The largest absolute Gasteiger partial charge is 0.392 e. The van der Waals surface area contributed by atoms with Gasteiger partial charge in [0.05, 0.1) is 6.61 Å². The predicted octanol–water partition coefficient (Wildman–Crippen LogP) is 1.81. The fourth-order valence-corrected chi connectivity index (χ4v) is 1.05. The summed E-state index contributed by atoms with van der Waals surface area (Å²) in [6.07, 6.45) is 1.73. The van der Waals surface area contributed by atoms with Gasteiger partial charge in [0.1, 0.15) is 8.07 Å². The molecule has 0 atom stereocenters. The van der Waals surface area contributed by atoms with Crippen molar-refractivity contribution in [1.29, 1.82) is 0 Å². The van der Waals surface area contributed by atoms with E-state index in [1.165, 1.54) is 0 Å². The Kier molecular flexibility index (Phi) is 4.17. The average Bonchev–Trinajstić information content (AvgIpc) is 1.83. The van der Waals surface area contributed by atoms with Gasteiger partial charge in [-0.05, 0) is 18.6 Å². The molecule has 0 aliphatic heterocycles. The SMILES string of the molecule is C/C(C#C[Si](C)(C)C)=C/CO. The summed E-state index contributed by atoms with van der Waals surface area (Å²) < 4.78 is 0. The summed E-state index contributed by atoms with van der Waals surface area (Å²) in [6.45, 7) is 8.61. The second-order valence-corrected chi connectivity index (χ2v) is 8.32. The highest BCUT2D eigenvalue weighted by Gasteiger charge is 2.06. The molecule has 0 spiro atoms. The van der Waals surface area contributed by atoms with Crippen LogP contribution in [0.3, 0.4) is 0 Å². The Balaban J connectivity index is 4.19. The normalized spacial score (nSPS) is 12.3. The third kappa shape index (κ3) is 7.37. The highest BCUT2D eigenvalue weighted by atomic mass is 28.3. The van der Waals surface area contributed by atoms with Gasteiger partial charge in [-0.15, -0.1) is 5.54 Å². The zero-order chi connectivity index (χ0) is 8.91. The number of hydrogen-bond donors (Lipinski definition) is 1. The topological polar surface area (TPSA) is 20.2 Å². The molecule has 1 nitrogen and oxygen atoms in total. The van der Waals surface area contributed by atoms with E-state index in [0.29, 0.717) is 0 Å². The van der Waals surface area contributed by atoms with Crippen LogP contribution in [0.15, 0.2) is 11.6 Å². The monoisotopic (exact) mass is 168 g/mol. The Morgan fingerprint density at radius 1 is 1.45 bits per heavy atom. The molecule has 0 amide bonds. The lowest BCUT2D eigenvalue weighted by atomic mass is 10.3. The van der Waals surface area contributed by atoms with E-state index in [2.05, 4.69) is 31.1 Å². The van der Waals surface area contributed by atoms with Crippen molar-refractivity contribution in [2.75, 3.05) is 6.61 Å². The second-order valence-electron chi connectivity index (χ2n) is 3.57. The van der Waals surface area contributed by atoms with E-state index in [1.807, 2.05) is 6.92 Å². The molecule has 0 aliphatic carbocycles. The van der Waals surface area contributed by atoms with Crippen LogP contribution in [0.4, 0.5) is 0 Å². The molecule has 0 aliphatic rings. The standard InChI is InChI=1S/C9H16OSi/c1-9(5-7-10)6-8-11(2,3)4/h5,10H,7H2,1-4H3/b9-5-. The van der Waals surface area contributed by atoms with Crippen LogP contribution in [0.25, 0.3) is 0 Å². The zero-order valence-corrected chi connectivity index (χ0v) is 8.73. The van der Waals surface area contributed by atoms with Crippen molar-refractivity contribution < 1.29 is 5.11 Å². The van der Waals surface area contributed by atoms with Gasteiger partial charge in [-0.1, -0.05) is 25.6 Å². The lowest BCUT2D eigenvalue weighted by Gasteiger charge is -2.02. The quantitative estimate of drug-likeness (QED) is 0.467. The first-order valence-electron chi connectivity index (χ1n) is 3.76. The summed E-state index contributed by atoms with van der Waals surface area (Å²) in [6, 6.07) is 0. The third-order valence-electron chi connectivity index (χ3n) is 1.03. The van der Waals surface area contributed by atoms with Crippen molar-refractivity contribution in [2.24, 2.45) is 0 Å². The van der Waals surface area contributed by atoms with Crippen LogP contribution >= 0.6 is 0 Å². The van der Waals surface area contributed by atoms with E-state index in [-0.39, 0.29) is 6.61 Å². The van der Waals surface area contributed by atoms with Gasteiger partial charge in [0.15, 0.2) is 0 Å². The number of aliphatic hydroxyl groups is 1. The van der Waals surface area contributed by atoms with Crippen molar-refractivity contribution in [3.05, 3.63) is 11.6 Å². The molecule has 0 rings (SSSR count). The maximum atomic E-state index is 8.53. The van der Waals surface area contributed by atoms with E-state index >= 15 is 0 Å². The predicted molar refractivity (Wildman–Crippen MR) is 52.0 cm³/mol. The highest BCUT2D eigenvalue weighted by Crippen LogP contribution is 1.98. The summed E-state index contributed by atoms with van der Waals surface area (Å²) in [7, 11) is -1.23. The molecule has 0 radical (unpaired) electrons. The van der Waals surface area contributed by atoms with Gasteiger partial charge in [-0.3, -0.25) is 0 Å². The molecule has 0 saturated carbocycles. The first-order valence-corrected chi connectivity index (χ1v) is 7.26. The molecule has 0 aromatic heterocycles. The van der Waals surface area contributed by atoms with Crippen LogP contribution in [0.5, 0.6) is 0 Å². The molecule has 0 bridgehead atoms. The number of rotatable bonds is 1. The molecule has 0 aromatic rings. The Bertz CT molecular complexity index is 200. The number of allylic oxidation sites excluding steroid dienone is 1. The van der Waals surface area contributed by atoms with Gasteiger partial charge in [-0.25, -0.2) is 0 Å². The summed E-state index contributed by atoms with van der Waals surface area (Å²) in [5, 5.41) is 8.53. The minimum Gasteiger partial charge on any atom is -0.392 e. The Hall–Kier alpha value is -0.523. The molecule has 0 aromatic carbocycles. The van der Waals surface area contributed by atoms with E-state index in [1.54, 1.807) is 6.08 Å². The van der Waals surface area contributed by atoms with Crippen molar-refractivity contribution in [3.63, 3.8) is 0 Å². The summed E-state index contributed by atoms with van der Waals surface area (Å²) >= 11 is 0. The van der Waals surface area contributed by atoms with Gasteiger partial charge in [0.25, 0.3) is 0 Å². The third-order valence-corrected chi connectivity index (χ3v) is 1.91. The first-order chi connectivity index (χ1) is 4.95. The molecule has 0 heterocycles. The van der Waals surface area contributed by atoms with Crippen molar-refractivity contribution in [2.45, 2.75) is 26.6 Å². The maximum Gasteiger partial charge on any atom is 0.129 e. The van der Waals surface area contributed by atoms with Crippen LogP contribution in [-0.4, -0.2) is 19.8 Å². The summed E-state index contributed by atoms with van der Waals surface area (Å²) in [4.78, 5) is 0. The minimum atomic E-state index is -1.23. The maximum absolute atomic E-state index is 8.53. The van der Waals surface area contributed by atoms with Gasteiger partial charge >= 0.3 is 0 Å². The Morgan fingerprint density at radius 2 is 2.00 bits per heavy atom. The van der Waals surface area contributed by atoms with E-state index in [4.69, 9.17) is 5.11 Å². The molecule has 0 unspecified atom stereocenters. The van der Waals surface area contributed by atoms with Crippen LogP contribution in [0.2, 0.25) is 19.6 Å². The highest BCUT2D eigenvalue weighted by molar-refractivity contribution is 6.83. The lowest BCUT2D eigenvalue weighted by molar-refractivity contribution is 0.342. The number of hydrogen-bond acceptors (Lipinski definition) is 1. The van der Waals surface area contributed by atoms with Crippen molar-refractivity contribution in [3.8, 4) is 11.5 Å². The van der Waals surface area contributed by atoms with Crippen LogP contribution in [0, 0.1) is 11.5 Å². The Labute approximate surface area is 70.1 Å². The van der Waals surface area contributed by atoms with Crippen molar-refractivity contribution >= 4 is 8.07 Å². The average molecular weight is 168 g/mol. The smallest absolute Gasteiger partial charge is 0.129 e. The first kappa shape index (κ1) is 10.5. The van der Waals surface area contributed by atoms with Gasteiger partial charge in [0.2, 0.25) is 0 Å². The minimum absolute atomic E-state index is 0.0895. The molecule has 2 heteroatoms. The summed E-state index contributed by atoms with van der Waals surface area (Å²) in [5.41, 5.74) is 4.18. The fraction of sp³-hybridized carbons (Fsp3) is 0.556. The zero-order valence-electron chi connectivity index (χ0n) is 7.73. The van der Waals surface area contributed by atoms with E-state index < -0.39 is 8.07 Å². The van der Waals surface area contributed by atoms with Gasteiger partial charge < -0.3 is 5.11 Å². The van der Waals surface area contributed by atoms with Crippen LogP contribution < -0.4 is 0 Å². The second kappa shape index (κ2) is 4.37. The molecule has 11 heavy (non-hydrogen) atoms. The summed E-state index contributed by atoms with van der Waals surface area (Å²) in [5.74, 6) is 3.04. The molecule has 0 fully saturated rings. The molecule has 62 valence electrons.